The van der Waals surface area contributed by atoms with Crippen molar-refractivity contribution < 1.29 is 5.11 Å². The molecule has 5 heteroatoms. The Balaban J connectivity index is 2.44. The van der Waals surface area contributed by atoms with E-state index in [4.69, 9.17) is 0 Å². The summed E-state index contributed by atoms with van der Waals surface area (Å²) < 4.78 is 0. The maximum absolute atomic E-state index is 9.56. The first-order chi connectivity index (χ1) is 9.19. The van der Waals surface area contributed by atoms with E-state index in [2.05, 4.69) is 21.2 Å². The number of nitriles is 1. The average molecular weight is 260 g/mol. The number of aromatic nitrogens is 2. The molecule has 1 aromatic rings. The largest absolute Gasteiger partial charge is 0.394 e. The van der Waals surface area contributed by atoms with Crippen LogP contribution >= 0.6 is 0 Å². The molecule has 1 unspecified atom stereocenters. The summed E-state index contributed by atoms with van der Waals surface area (Å²) in [7, 11) is 0. The number of rotatable bonds is 2. The second kappa shape index (κ2) is 5.98. The highest BCUT2D eigenvalue weighted by Crippen LogP contribution is 2.27. The fourth-order valence-corrected chi connectivity index (χ4v) is 2.58. The molecule has 102 valence electrons. The lowest BCUT2D eigenvalue weighted by Gasteiger charge is -2.30. The van der Waals surface area contributed by atoms with Gasteiger partial charge < -0.3 is 10.0 Å². The van der Waals surface area contributed by atoms with Gasteiger partial charge in [-0.2, -0.15) is 10.4 Å². The van der Waals surface area contributed by atoms with Gasteiger partial charge in [0.05, 0.1) is 18.3 Å². The van der Waals surface area contributed by atoms with E-state index < -0.39 is 0 Å². The van der Waals surface area contributed by atoms with Crippen LogP contribution in [0.3, 0.4) is 0 Å². The zero-order chi connectivity index (χ0) is 13.8. The molecule has 1 saturated heterocycles. The zero-order valence-electron chi connectivity index (χ0n) is 11.6. The van der Waals surface area contributed by atoms with Crippen molar-refractivity contribution in [2.75, 3.05) is 18.1 Å². The Kier molecular flexibility index (Phi) is 4.33. The van der Waals surface area contributed by atoms with Crippen LogP contribution in [-0.4, -0.2) is 34.5 Å². The number of aliphatic hydroxyl groups excluding tert-OH is 1. The molecule has 2 rings (SSSR count). The van der Waals surface area contributed by atoms with E-state index in [0.29, 0.717) is 11.4 Å². The first kappa shape index (κ1) is 13.8. The number of aryl methyl sites for hydroxylation is 1. The first-order valence-corrected chi connectivity index (χ1v) is 6.80. The summed E-state index contributed by atoms with van der Waals surface area (Å²) >= 11 is 0. The summed E-state index contributed by atoms with van der Waals surface area (Å²) in [5.74, 6) is 0.631. The molecule has 19 heavy (non-hydrogen) atoms. The quantitative estimate of drug-likeness (QED) is 0.876. The number of aliphatic hydroxyl groups is 1. The molecule has 0 aromatic carbocycles. The van der Waals surface area contributed by atoms with E-state index in [1.54, 1.807) is 0 Å². The predicted molar refractivity (Wildman–Crippen MR) is 72.9 cm³/mol. The molecule has 5 nitrogen and oxygen atoms in total. The van der Waals surface area contributed by atoms with Crippen molar-refractivity contribution >= 4 is 5.82 Å². The molecule has 1 aliphatic rings. The topological polar surface area (TPSA) is 73.0 Å². The molecular formula is C14H20N4O. The van der Waals surface area contributed by atoms with Gasteiger partial charge in [0.1, 0.15) is 11.6 Å². The Labute approximate surface area is 113 Å². The molecule has 1 N–H and O–H groups in total. The molecule has 2 heterocycles. The second-order valence-electron chi connectivity index (χ2n) is 5.10. The molecule has 1 aromatic heterocycles. The van der Waals surface area contributed by atoms with Crippen LogP contribution in [0.15, 0.2) is 0 Å². The molecule has 0 radical (unpaired) electrons. The number of hydrogen-bond acceptors (Lipinski definition) is 5. The molecule has 1 aliphatic heterocycles. The normalized spacial score (nSPS) is 19.9. The van der Waals surface area contributed by atoms with Gasteiger partial charge in [0.15, 0.2) is 5.82 Å². The van der Waals surface area contributed by atoms with Gasteiger partial charge in [-0.25, -0.2) is 0 Å². The minimum absolute atomic E-state index is 0.0472. The van der Waals surface area contributed by atoms with Crippen LogP contribution in [0, 0.1) is 25.2 Å². The molecule has 1 atom stereocenters. The lowest BCUT2D eigenvalue weighted by Crippen LogP contribution is -2.39. The molecule has 0 bridgehead atoms. The lowest BCUT2D eigenvalue weighted by molar-refractivity contribution is 0.254. The Hall–Kier alpha value is -1.67. The smallest absolute Gasteiger partial charge is 0.169 e. The number of hydrogen-bond donors (Lipinski definition) is 1. The summed E-state index contributed by atoms with van der Waals surface area (Å²) in [6, 6.07) is 2.29. The lowest BCUT2D eigenvalue weighted by atomic mass is 10.1. The highest BCUT2D eigenvalue weighted by molar-refractivity contribution is 5.58. The Morgan fingerprint density at radius 2 is 2.11 bits per heavy atom. The summed E-state index contributed by atoms with van der Waals surface area (Å²) in [5, 5.41) is 27.3. The molecule has 0 spiro atoms. The van der Waals surface area contributed by atoms with Crippen LogP contribution < -0.4 is 4.90 Å². The Bertz CT molecular complexity index is 495. The van der Waals surface area contributed by atoms with E-state index in [-0.39, 0.29) is 12.6 Å². The van der Waals surface area contributed by atoms with Crippen molar-refractivity contribution in [2.24, 2.45) is 0 Å². The minimum atomic E-state index is 0.0472. The Morgan fingerprint density at radius 1 is 1.32 bits per heavy atom. The van der Waals surface area contributed by atoms with Crippen LogP contribution in [0.25, 0.3) is 0 Å². The maximum atomic E-state index is 9.56. The summed E-state index contributed by atoms with van der Waals surface area (Å²) in [6.07, 6.45) is 4.28. The molecule has 0 amide bonds. The standard InChI is InChI=1S/C14H20N4O/c1-10-11(2)16-17-14(13(10)8-15)18-7-5-3-4-6-12(18)9-19/h12,19H,3-7,9H2,1-2H3. The van der Waals surface area contributed by atoms with Gasteiger partial charge in [-0.1, -0.05) is 12.8 Å². The Morgan fingerprint density at radius 3 is 2.79 bits per heavy atom. The van der Waals surface area contributed by atoms with Crippen LogP contribution in [0.2, 0.25) is 0 Å². The summed E-state index contributed by atoms with van der Waals surface area (Å²) in [5.41, 5.74) is 2.26. The van der Waals surface area contributed by atoms with E-state index in [9.17, 15) is 10.4 Å². The SMILES string of the molecule is Cc1nnc(N2CCCCCC2CO)c(C#N)c1C. The maximum Gasteiger partial charge on any atom is 0.169 e. The third-order valence-corrected chi connectivity index (χ3v) is 3.91. The first-order valence-electron chi connectivity index (χ1n) is 6.80. The van der Waals surface area contributed by atoms with Gasteiger partial charge in [0.25, 0.3) is 0 Å². The van der Waals surface area contributed by atoms with Crippen molar-refractivity contribution in [1.29, 1.82) is 5.26 Å². The van der Waals surface area contributed by atoms with Crippen molar-refractivity contribution in [3.8, 4) is 6.07 Å². The van der Waals surface area contributed by atoms with E-state index in [1.165, 1.54) is 0 Å². The molecule has 0 saturated carbocycles. The monoisotopic (exact) mass is 260 g/mol. The van der Waals surface area contributed by atoms with Gasteiger partial charge in [-0.15, -0.1) is 5.10 Å². The van der Waals surface area contributed by atoms with Gasteiger partial charge in [-0.3, -0.25) is 0 Å². The summed E-state index contributed by atoms with van der Waals surface area (Å²) in [6.45, 7) is 4.69. The van der Waals surface area contributed by atoms with Gasteiger partial charge in [0, 0.05) is 6.54 Å². The highest BCUT2D eigenvalue weighted by atomic mass is 16.3. The van der Waals surface area contributed by atoms with E-state index in [0.717, 1.165) is 43.5 Å². The van der Waals surface area contributed by atoms with Crippen molar-refractivity contribution in [2.45, 2.75) is 45.6 Å². The fraction of sp³-hybridized carbons (Fsp3) is 0.643. The van der Waals surface area contributed by atoms with Gasteiger partial charge in [-0.05, 0) is 32.3 Å². The highest BCUT2D eigenvalue weighted by Gasteiger charge is 2.25. The molecule has 0 aliphatic carbocycles. The van der Waals surface area contributed by atoms with Crippen LogP contribution in [0.5, 0.6) is 0 Å². The van der Waals surface area contributed by atoms with Crippen LogP contribution in [-0.2, 0) is 0 Å². The van der Waals surface area contributed by atoms with E-state index in [1.807, 2.05) is 13.8 Å². The molecular weight excluding hydrogens is 240 g/mol. The van der Waals surface area contributed by atoms with E-state index >= 15 is 0 Å². The van der Waals surface area contributed by atoms with Crippen LogP contribution in [0.1, 0.15) is 42.5 Å². The fourth-order valence-electron chi connectivity index (χ4n) is 2.58. The van der Waals surface area contributed by atoms with Crippen molar-refractivity contribution in [3.63, 3.8) is 0 Å². The van der Waals surface area contributed by atoms with Crippen molar-refractivity contribution in [1.82, 2.24) is 10.2 Å². The molecule has 1 fully saturated rings. The number of anilines is 1. The van der Waals surface area contributed by atoms with Gasteiger partial charge in [0.2, 0.25) is 0 Å². The second-order valence-corrected chi connectivity index (χ2v) is 5.10. The minimum Gasteiger partial charge on any atom is -0.394 e. The summed E-state index contributed by atoms with van der Waals surface area (Å²) in [4.78, 5) is 2.06. The average Bonchev–Trinajstić information content (AvgIpc) is 2.66. The third-order valence-electron chi connectivity index (χ3n) is 3.91. The predicted octanol–water partition coefficient (Wildman–Crippen LogP) is 1.71. The third kappa shape index (κ3) is 2.69. The number of nitrogens with zero attached hydrogens (tertiary/aromatic N) is 4. The zero-order valence-corrected chi connectivity index (χ0v) is 11.6. The van der Waals surface area contributed by atoms with Gasteiger partial charge >= 0.3 is 0 Å². The van der Waals surface area contributed by atoms with Crippen LogP contribution in [0.4, 0.5) is 5.82 Å². The van der Waals surface area contributed by atoms with Crippen molar-refractivity contribution in [3.05, 3.63) is 16.8 Å².